The first-order valence-corrected chi connectivity index (χ1v) is 7.74. The lowest BCUT2D eigenvalue weighted by Gasteiger charge is -2.08. The largest absolute Gasteiger partial charge is 0.285 e. The molecular weight excluding hydrogens is 344 g/mol. The molecule has 0 amide bonds. The van der Waals surface area contributed by atoms with E-state index in [2.05, 4.69) is 20.7 Å². The van der Waals surface area contributed by atoms with Gasteiger partial charge in [0.2, 0.25) is 0 Å². The number of para-hydroxylation sites is 1. The Bertz CT molecular complexity index is 1050. The second-order valence-electron chi connectivity index (χ2n) is 5.28. The van der Waals surface area contributed by atoms with Crippen LogP contribution in [0.5, 0.6) is 0 Å². The summed E-state index contributed by atoms with van der Waals surface area (Å²) >= 11 is 5.87. The van der Waals surface area contributed by atoms with Crippen molar-refractivity contribution in [2.45, 2.75) is 6.92 Å². The van der Waals surface area contributed by atoms with Crippen LogP contribution in [0.2, 0.25) is 5.02 Å². The van der Waals surface area contributed by atoms with Crippen LogP contribution in [-0.4, -0.2) is 25.8 Å². The number of nitrogens with zero attached hydrogens (tertiary/aromatic N) is 4. The Morgan fingerprint density at radius 1 is 1.28 bits per heavy atom. The number of benzene rings is 1. The molecule has 0 radical (unpaired) electrons. The van der Waals surface area contributed by atoms with E-state index in [9.17, 15) is 9.59 Å². The summed E-state index contributed by atoms with van der Waals surface area (Å²) in [7, 11) is 1.77. The maximum absolute atomic E-state index is 12.5. The second kappa shape index (κ2) is 6.78. The average molecular weight is 359 g/mol. The van der Waals surface area contributed by atoms with Crippen LogP contribution in [0.4, 0.5) is 5.69 Å². The van der Waals surface area contributed by atoms with Gasteiger partial charge >= 0.3 is 0 Å². The molecule has 3 aromatic rings. The molecular formula is C16H15ClN6O2. The Morgan fingerprint density at radius 3 is 2.72 bits per heavy atom. The monoisotopic (exact) mass is 358 g/mol. The van der Waals surface area contributed by atoms with E-state index < -0.39 is 5.56 Å². The van der Waals surface area contributed by atoms with E-state index in [1.165, 1.54) is 12.4 Å². The summed E-state index contributed by atoms with van der Waals surface area (Å²) in [5, 5.41) is 9.88. The standard InChI is InChI=1S/C16H15ClN6O2/c1-10-13(9-19-20-12-8-18-21-15(24)14(12)17)22(2)23(16(10)25)11-6-4-3-5-7-11/h3-9H,1-2H3,(H2,20,21,24). The normalized spacial score (nSPS) is 11.2. The Hall–Kier alpha value is -3.13. The first-order chi connectivity index (χ1) is 12.0. The first-order valence-electron chi connectivity index (χ1n) is 7.37. The van der Waals surface area contributed by atoms with E-state index in [1.807, 2.05) is 30.3 Å². The van der Waals surface area contributed by atoms with Crippen molar-refractivity contribution in [3.05, 3.63) is 73.5 Å². The third kappa shape index (κ3) is 3.11. The predicted octanol–water partition coefficient (Wildman–Crippen LogP) is 1.67. The van der Waals surface area contributed by atoms with Gasteiger partial charge in [-0.1, -0.05) is 29.8 Å². The highest BCUT2D eigenvalue weighted by atomic mass is 35.5. The van der Waals surface area contributed by atoms with Gasteiger partial charge < -0.3 is 0 Å². The van der Waals surface area contributed by atoms with Crippen molar-refractivity contribution in [3.63, 3.8) is 0 Å². The molecule has 8 nitrogen and oxygen atoms in total. The van der Waals surface area contributed by atoms with Crippen LogP contribution < -0.4 is 16.5 Å². The van der Waals surface area contributed by atoms with Crippen molar-refractivity contribution in [1.82, 2.24) is 19.6 Å². The molecule has 0 unspecified atom stereocenters. The smallest absolute Gasteiger partial charge is 0.279 e. The Kier molecular flexibility index (Phi) is 4.53. The lowest BCUT2D eigenvalue weighted by Crippen LogP contribution is -2.20. The molecule has 0 spiro atoms. The Labute approximate surface area is 147 Å². The zero-order chi connectivity index (χ0) is 18.0. The number of nitrogens with one attached hydrogen (secondary N) is 2. The van der Waals surface area contributed by atoms with Gasteiger partial charge in [-0.3, -0.25) is 19.7 Å². The molecule has 0 aliphatic rings. The maximum atomic E-state index is 12.5. The van der Waals surface area contributed by atoms with E-state index in [1.54, 1.807) is 23.3 Å². The second-order valence-corrected chi connectivity index (χ2v) is 5.66. The fourth-order valence-electron chi connectivity index (χ4n) is 2.42. The van der Waals surface area contributed by atoms with Gasteiger partial charge in [-0.2, -0.15) is 10.2 Å². The number of aromatic amines is 1. The lowest BCUT2D eigenvalue weighted by atomic mass is 10.3. The molecule has 0 saturated carbocycles. The van der Waals surface area contributed by atoms with Gasteiger partial charge in [-0.25, -0.2) is 9.78 Å². The van der Waals surface area contributed by atoms with Crippen molar-refractivity contribution in [2.75, 3.05) is 5.43 Å². The van der Waals surface area contributed by atoms with Crippen molar-refractivity contribution < 1.29 is 0 Å². The quantitative estimate of drug-likeness (QED) is 0.547. The molecule has 25 heavy (non-hydrogen) atoms. The van der Waals surface area contributed by atoms with Crippen LogP contribution in [0.15, 0.2) is 51.2 Å². The number of anilines is 1. The first kappa shape index (κ1) is 16.7. The molecule has 0 aliphatic heterocycles. The molecule has 0 bridgehead atoms. The summed E-state index contributed by atoms with van der Waals surface area (Å²) in [5.74, 6) is 0. The minimum atomic E-state index is -0.513. The lowest BCUT2D eigenvalue weighted by molar-refractivity contribution is 0.643. The van der Waals surface area contributed by atoms with Crippen LogP contribution in [-0.2, 0) is 7.05 Å². The molecule has 2 heterocycles. The fourth-order valence-corrected chi connectivity index (χ4v) is 2.55. The minimum Gasteiger partial charge on any atom is -0.279 e. The van der Waals surface area contributed by atoms with Crippen molar-refractivity contribution in [1.29, 1.82) is 0 Å². The number of hydrogen-bond donors (Lipinski definition) is 2. The van der Waals surface area contributed by atoms with E-state index in [-0.39, 0.29) is 16.3 Å². The molecule has 0 fully saturated rings. The molecule has 9 heteroatoms. The third-order valence-electron chi connectivity index (χ3n) is 3.71. The highest BCUT2D eigenvalue weighted by Crippen LogP contribution is 2.14. The topological polar surface area (TPSA) is 97.1 Å². The van der Waals surface area contributed by atoms with Gasteiger partial charge in [-0.15, -0.1) is 0 Å². The zero-order valence-corrected chi connectivity index (χ0v) is 14.3. The van der Waals surface area contributed by atoms with Crippen LogP contribution in [0.1, 0.15) is 11.3 Å². The summed E-state index contributed by atoms with van der Waals surface area (Å²) in [4.78, 5) is 23.9. The Morgan fingerprint density at radius 2 is 2.00 bits per heavy atom. The maximum Gasteiger partial charge on any atom is 0.285 e. The van der Waals surface area contributed by atoms with Crippen LogP contribution >= 0.6 is 11.6 Å². The van der Waals surface area contributed by atoms with Crippen LogP contribution in [0.25, 0.3) is 5.69 Å². The number of hydrazone groups is 1. The van der Waals surface area contributed by atoms with E-state index in [4.69, 9.17) is 11.6 Å². The number of hydrogen-bond acceptors (Lipinski definition) is 5. The van der Waals surface area contributed by atoms with Gasteiger partial charge in [0.15, 0.2) is 0 Å². The number of H-pyrrole nitrogens is 1. The summed E-state index contributed by atoms with van der Waals surface area (Å²) in [6, 6.07) is 9.31. The zero-order valence-electron chi connectivity index (χ0n) is 13.5. The SMILES string of the molecule is Cc1c(C=NNc2cn[nH]c(=O)c2Cl)n(C)n(-c2ccccc2)c1=O. The average Bonchev–Trinajstić information content (AvgIpc) is 2.82. The molecule has 0 atom stereocenters. The summed E-state index contributed by atoms with van der Waals surface area (Å²) in [6.45, 7) is 1.73. The van der Waals surface area contributed by atoms with Crippen molar-refractivity contribution in [3.8, 4) is 5.69 Å². The van der Waals surface area contributed by atoms with Gasteiger partial charge in [-0.05, 0) is 19.1 Å². The van der Waals surface area contributed by atoms with Gasteiger partial charge in [0, 0.05) is 12.6 Å². The third-order valence-corrected chi connectivity index (χ3v) is 4.09. The highest BCUT2D eigenvalue weighted by Gasteiger charge is 2.14. The van der Waals surface area contributed by atoms with Gasteiger partial charge in [0.05, 0.1) is 23.8 Å². The molecule has 2 N–H and O–H groups in total. The number of rotatable bonds is 4. The van der Waals surface area contributed by atoms with E-state index in [0.717, 1.165) is 5.69 Å². The fraction of sp³-hybridized carbons (Fsp3) is 0.125. The van der Waals surface area contributed by atoms with Gasteiger partial charge in [0.25, 0.3) is 11.1 Å². The number of halogens is 1. The Balaban J connectivity index is 1.95. The van der Waals surface area contributed by atoms with Crippen LogP contribution in [0.3, 0.4) is 0 Å². The molecule has 0 aliphatic carbocycles. The summed E-state index contributed by atoms with van der Waals surface area (Å²) < 4.78 is 3.26. The van der Waals surface area contributed by atoms with Crippen molar-refractivity contribution in [2.24, 2.45) is 12.1 Å². The molecule has 2 aromatic heterocycles. The van der Waals surface area contributed by atoms with Crippen LogP contribution in [0, 0.1) is 6.92 Å². The summed E-state index contributed by atoms with van der Waals surface area (Å²) in [5.41, 5.74) is 4.20. The van der Waals surface area contributed by atoms with Crippen molar-refractivity contribution >= 4 is 23.5 Å². The van der Waals surface area contributed by atoms with E-state index in [0.29, 0.717) is 11.3 Å². The van der Waals surface area contributed by atoms with E-state index >= 15 is 0 Å². The number of aromatic nitrogens is 4. The minimum absolute atomic E-state index is 0.0420. The predicted molar refractivity (Wildman–Crippen MR) is 96.8 cm³/mol. The molecule has 128 valence electrons. The molecule has 1 aromatic carbocycles. The molecule has 0 saturated heterocycles. The summed E-state index contributed by atoms with van der Waals surface area (Å²) in [6.07, 6.45) is 2.84. The van der Waals surface area contributed by atoms with Gasteiger partial charge in [0.1, 0.15) is 10.7 Å². The highest BCUT2D eigenvalue weighted by molar-refractivity contribution is 6.32. The molecule has 3 rings (SSSR count).